The van der Waals surface area contributed by atoms with Crippen LogP contribution in [-0.4, -0.2) is 40.6 Å². The highest BCUT2D eigenvalue weighted by atomic mass is 15.1. The van der Waals surface area contributed by atoms with E-state index in [-0.39, 0.29) is 0 Å². The molecular formula is C13H26N4. The molecule has 0 spiro atoms. The molecule has 1 rings (SSSR count). The van der Waals surface area contributed by atoms with Gasteiger partial charge in [-0.15, -0.1) is 0 Å². The lowest BCUT2D eigenvalue weighted by atomic mass is 10.2. The van der Waals surface area contributed by atoms with Crippen molar-refractivity contribution in [3.8, 4) is 0 Å². The fourth-order valence-electron chi connectivity index (χ4n) is 1.77. The quantitative estimate of drug-likeness (QED) is 0.699. The van der Waals surface area contributed by atoms with Gasteiger partial charge >= 0.3 is 0 Å². The minimum atomic E-state index is 0.597. The normalized spacial score (nSPS) is 11.6. The molecule has 0 aliphatic carbocycles. The van der Waals surface area contributed by atoms with Crippen molar-refractivity contribution >= 4 is 0 Å². The molecule has 17 heavy (non-hydrogen) atoms. The minimum Gasteiger partial charge on any atom is -0.337 e. The van der Waals surface area contributed by atoms with Gasteiger partial charge < -0.3 is 9.88 Å². The lowest BCUT2D eigenvalue weighted by Gasteiger charge is -2.16. The fourth-order valence-corrected chi connectivity index (χ4v) is 1.77. The van der Waals surface area contributed by atoms with Crippen LogP contribution in [0, 0.1) is 0 Å². The summed E-state index contributed by atoms with van der Waals surface area (Å²) in [6, 6.07) is 0.597. The molecule has 0 aromatic carbocycles. The van der Waals surface area contributed by atoms with E-state index in [2.05, 4.69) is 40.7 Å². The van der Waals surface area contributed by atoms with Crippen molar-refractivity contribution in [2.45, 2.75) is 39.3 Å². The molecule has 0 fully saturated rings. The number of aryl methyl sites for hydroxylation is 1. The molecule has 1 N–H and O–H groups in total. The van der Waals surface area contributed by atoms with Crippen molar-refractivity contribution in [3.05, 3.63) is 18.2 Å². The highest BCUT2D eigenvalue weighted by Crippen LogP contribution is 2.01. The summed E-state index contributed by atoms with van der Waals surface area (Å²) in [7, 11) is 4.20. The number of unbranched alkanes of at least 4 members (excludes halogenated alkanes) is 1. The summed E-state index contributed by atoms with van der Waals surface area (Å²) in [4.78, 5) is 6.66. The molecule has 4 heteroatoms. The van der Waals surface area contributed by atoms with Crippen LogP contribution in [0.4, 0.5) is 0 Å². The largest absolute Gasteiger partial charge is 0.337 e. The van der Waals surface area contributed by atoms with Gasteiger partial charge in [-0.05, 0) is 33.0 Å². The monoisotopic (exact) mass is 238 g/mol. The Bertz CT molecular complexity index is 306. The molecule has 0 bridgehead atoms. The van der Waals surface area contributed by atoms with E-state index in [1.165, 1.54) is 12.8 Å². The van der Waals surface area contributed by atoms with Gasteiger partial charge in [0.15, 0.2) is 0 Å². The first-order valence-electron chi connectivity index (χ1n) is 6.47. The van der Waals surface area contributed by atoms with Gasteiger partial charge in [-0.2, -0.15) is 0 Å². The molecule has 1 heterocycles. The van der Waals surface area contributed by atoms with Crippen LogP contribution >= 0.6 is 0 Å². The summed E-state index contributed by atoms with van der Waals surface area (Å²) in [6.07, 6.45) is 6.33. The Balaban J connectivity index is 2.09. The third kappa shape index (κ3) is 5.84. The number of imidazole rings is 1. The van der Waals surface area contributed by atoms with E-state index in [9.17, 15) is 0 Å². The summed E-state index contributed by atoms with van der Waals surface area (Å²) in [5.41, 5.74) is 0. The summed E-state index contributed by atoms with van der Waals surface area (Å²) in [5, 5.41) is 3.44. The van der Waals surface area contributed by atoms with Gasteiger partial charge in [0, 0.05) is 25.5 Å². The summed E-state index contributed by atoms with van der Waals surface area (Å²) in [5.74, 6) is 1.13. The van der Waals surface area contributed by atoms with Gasteiger partial charge in [0.05, 0.1) is 6.54 Å². The maximum absolute atomic E-state index is 4.33. The molecule has 0 radical (unpaired) electrons. The van der Waals surface area contributed by atoms with Crippen molar-refractivity contribution in [1.82, 2.24) is 19.8 Å². The van der Waals surface area contributed by atoms with Crippen LogP contribution in [0.3, 0.4) is 0 Å². The van der Waals surface area contributed by atoms with E-state index >= 15 is 0 Å². The number of nitrogens with zero attached hydrogens (tertiary/aromatic N) is 3. The second kappa shape index (κ2) is 7.45. The van der Waals surface area contributed by atoms with Crippen LogP contribution in [0.25, 0.3) is 0 Å². The Morgan fingerprint density at radius 2 is 2.18 bits per heavy atom. The Kier molecular flexibility index (Phi) is 6.22. The van der Waals surface area contributed by atoms with E-state index < -0.39 is 0 Å². The third-order valence-electron chi connectivity index (χ3n) is 2.85. The van der Waals surface area contributed by atoms with Crippen LogP contribution in [0.5, 0.6) is 0 Å². The van der Waals surface area contributed by atoms with Crippen molar-refractivity contribution in [2.75, 3.05) is 20.1 Å². The van der Waals surface area contributed by atoms with Gasteiger partial charge in [-0.3, -0.25) is 4.90 Å². The molecule has 4 nitrogen and oxygen atoms in total. The molecule has 1 aromatic heterocycles. The van der Waals surface area contributed by atoms with E-state index in [1.807, 2.05) is 19.4 Å². The maximum atomic E-state index is 4.33. The van der Waals surface area contributed by atoms with Crippen molar-refractivity contribution < 1.29 is 0 Å². The fraction of sp³-hybridized carbons (Fsp3) is 0.769. The predicted molar refractivity (Wildman–Crippen MR) is 71.9 cm³/mol. The number of hydrogen-bond acceptors (Lipinski definition) is 3. The van der Waals surface area contributed by atoms with Crippen LogP contribution in [0.1, 0.15) is 32.5 Å². The maximum Gasteiger partial charge on any atom is 0.122 e. The summed E-state index contributed by atoms with van der Waals surface area (Å²) >= 11 is 0. The zero-order valence-electron chi connectivity index (χ0n) is 11.6. The molecule has 0 unspecified atom stereocenters. The number of rotatable bonds is 8. The zero-order chi connectivity index (χ0) is 12.7. The minimum absolute atomic E-state index is 0.597. The second-order valence-electron chi connectivity index (χ2n) is 5.01. The van der Waals surface area contributed by atoms with E-state index in [0.29, 0.717) is 6.04 Å². The molecular weight excluding hydrogens is 212 g/mol. The standard InChI is InChI=1S/C13H26N4/c1-12(2)14-7-5-6-9-16(3)11-13-15-8-10-17(13)4/h8,10,12,14H,5-7,9,11H2,1-4H3. The van der Waals surface area contributed by atoms with Crippen LogP contribution in [0.2, 0.25) is 0 Å². The molecule has 0 aliphatic heterocycles. The van der Waals surface area contributed by atoms with Crippen LogP contribution in [-0.2, 0) is 13.6 Å². The number of hydrogen-bond donors (Lipinski definition) is 1. The first-order chi connectivity index (χ1) is 8.09. The molecule has 0 saturated carbocycles. The zero-order valence-corrected chi connectivity index (χ0v) is 11.6. The smallest absolute Gasteiger partial charge is 0.122 e. The highest BCUT2D eigenvalue weighted by molar-refractivity contribution is 4.90. The van der Waals surface area contributed by atoms with Crippen LogP contribution < -0.4 is 5.32 Å². The average molecular weight is 238 g/mol. The number of aromatic nitrogens is 2. The number of nitrogens with one attached hydrogen (secondary N) is 1. The molecule has 0 aliphatic rings. The Morgan fingerprint density at radius 1 is 1.41 bits per heavy atom. The van der Waals surface area contributed by atoms with E-state index in [0.717, 1.165) is 25.5 Å². The van der Waals surface area contributed by atoms with Gasteiger partial charge in [-0.25, -0.2) is 4.98 Å². The Labute approximate surface area is 105 Å². The van der Waals surface area contributed by atoms with Gasteiger partial charge in [0.1, 0.15) is 5.82 Å². The van der Waals surface area contributed by atoms with Crippen molar-refractivity contribution in [2.24, 2.45) is 7.05 Å². The average Bonchev–Trinajstić information content (AvgIpc) is 2.63. The Morgan fingerprint density at radius 3 is 2.76 bits per heavy atom. The SMILES string of the molecule is CC(C)NCCCCN(C)Cc1nccn1C. The van der Waals surface area contributed by atoms with Gasteiger partial charge in [0.2, 0.25) is 0 Å². The van der Waals surface area contributed by atoms with Gasteiger partial charge in [-0.1, -0.05) is 13.8 Å². The molecule has 0 amide bonds. The summed E-state index contributed by atoms with van der Waals surface area (Å²) in [6.45, 7) is 7.56. The van der Waals surface area contributed by atoms with Crippen molar-refractivity contribution in [3.63, 3.8) is 0 Å². The van der Waals surface area contributed by atoms with E-state index in [4.69, 9.17) is 0 Å². The lowest BCUT2D eigenvalue weighted by Crippen LogP contribution is -2.25. The second-order valence-corrected chi connectivity index (χ2v) is 5.01. The van der Waals surface area contributed by atoms with E-state index in [1.54, 1.807) is 0 Å². The van der Waals surface area contributed by atoms with Crippen LogP contribution in [0.15, 0.2) is 12.4 Å². The van der Waals surface area contributed by atoms with Gasteiger partial charge in [0.25, 0.3) is 0 Å². The summed E-state index contributed by atoms with van der Waals surface area (Å²) < 4.78 is 2.08. The molecule has 1 aromatic rings. The third-order valence-corrected chi connectivity index (χ3v) is 2.85. The molecule has 0 saturated heterocycles. The predicted octanol–water partition coefficient (Wildman–Crippen LogP) is 1.63. The topological polar surface area (TPSA) is 33.1 Å². The molecule has 98 valence electrons. The Hall–Kier alpha value is -0.870. The molecule has 0 atom stereocenters. The highest BCUT2D eigenvalue weighted by Gasteiger charge is 2.03. The first kappa shape index (κ1) is 14.2. The van der Waals surface area contributed by atoms with Crippen molar-refractivity contribution in [1.29, 1.82) is 0 Å². The lowest BCUT2D eigenvalue weighted by molar-refractivity contribution is 0.306. The first-order valence-corrected chi connectivity index (χ1v) is 6.47.